The number of hydrogen-bond acceptors (Lipinski definition) is 4. The first-order chi connectivity index (χ1) is 13.8. The van der Waals surface area contributed by atoms with E-state index in [1.165, 1.54) is 0 Å². The number of pyridine rings is 1. The minimum Gasteiger partial charge on any atom is -0.444 e. The minimum absolute atomic E-state index is 0.315. The van der Waals surface area contributed by atoms with Crippen molar-refractivity contribution in [2.45, 2.75) is 39.5 Å². The van der Waals surface area contributed by atoms with E-state index in [0.717, 1.165) is 28.1 Å². The first kappa shape index (κ1) is 19.5. The number of carbonyl (C=O) groups excluding carboxylic acids is 1. The van der Waals surface area contributed by atoms with E-state index in [1.54, 1.807) is 17.3 Å². The Kier molecular flexibility index (Phi) is 5.04. The van der Waals surface area contributed by atoms with E-state index in [0.29, 0.717) is 24.7 Å². The van der Waals surface area contributed by atoms with Crippen molar-refractivity contribution in [3.8, 4) is 22.4 Å². The van der Waals surface area contributed by atoms with Gasteiger partial charge in [0.2, 0.25) is 0 Å². The second-order valence-corrected chi connectivity index (χ2v) is 8.42. The van der Waals surface area contributed by atoms with Crippen LogP contribution in [0.5, 0.6) is 0 Å². The summed E-state index contributed by atoms with van der Waals surface area (Å²) < 4.78 is 7.54. The number of benzene rings is 1. The zero-order chi connectivity index (χ0) is 20.6. The Bertz CT molecular complexity index is 1040. The lowest BCUT2D eigenvalue weighted by Gasteiger charge is -2.30. The van der Waals surface area contributed by atoms with E-state index in [9.17, 15) is 4.79 Å². The molecule has 29 heavy (non-hydrogen) atoms. The van der Waals surface area contributed by atoms with Gasteiger partial charge in [0.05, 0.1) is 23.8 Å². The van der Waals surface area contributed by atoms with Crippen LogP contribution < -0.4 is 0 Å². The van der Waals surface area contributed by atoms with Crippen LogP contribution >= 0.6 is 11.6 Å². The monoisotopic (exact) mass is 410 g/mol. The number of carbonyl (C=O) groups is 1. The molecule has 0 bridgehead atoms. The van der Waals surface area contributed by atoms with E-state index >= 15 is 0 Å². The largest absolute Gasteiger partial charge is 0.444 e. The van der Waals surface area contributed by atoms with Crippen molar-refractivity contribution in [1.82, 2.24) is 19.7 Å². The molecule has 0 unspecified atom stereocenters. The molecule has 0 fully saturated rings. The third-order valence-electron chi connectivity index (χ3n) is 4.73. The van der Waals surface area contributed by atoms with E-state index < -0.39 is 5.60 Å². The molecule has 1 aliphatic heterocycles. The van der Waals surface area contributed by atoms with Crippen LogP contribution in [0.1, 0.15) is 26.5 Å². The Morgan fingerprint density at radius 3 is 2.52 bits per heavy atom. The Hall–Kier alpha value is -2.86. The number of rotatable bonds is 2. The average molecular weight is 411 g/mol. The standard InChI is InChI=1S/C22H23ClN4O2/c1-22(2,3)29-21(28)26-12-13-27-18(14-26)19(15-8-10-24-11-9-15)20(25-27)16-6-4-5-7-17(16)23/h4-11H,12-14H2,1-3H3. The van der Waals surface area contributed by atoms with Gasteiger partial charge < -0.3 is 9.64 Å². The molecule has 0 atom stereocenters. The molecule has 0 radical (unpaired) electrons. The fourth-order valence-electron chi connectivity index (χ4n) is 3.46. The van der Waals surface area contributed by atoms with Crippen LogP contribution in [0.4, 0.5) is 4.79 Å². The lowest BCUT2D eigenvalue weighted by atomic mass is 9.99. The van der Waals surface area contributed by atoms with Gasteiger partial charge in [0.25, 0.3) is 0 Å². The van der Waals surface area contributed by atoms with Crippen molar-refractivity contribution in [3.63, 3.8) is 0 Å². The zero-order valence-electron chi connectivity index (χ0n) is 16.7. The van der Waals surface area contributed by atoms with Crippen molar-refractivity contribution in [1.29, 1.82) is 0 Å². The van der Waals surface area contributed by atoms with Gasteiger partial charge in [-0.1, -0.05) is 29.8 Å². The van der Waals surface area contributed by atoms with Crippen molar-refractivity contribution in [3.05, 3.63) is 59.5 Å². The van der Waals surface area contributed by atoms with Crippen LogP contribution in [-0.2, 0) is 17.8 Å². The van der Waals surface area contributed by atoms with Crippen LogP contribution in [0, 0.1) is 0 Å². The summed E-state index contributed by atoms with van der Waals surface area (Å²) in [4.78, 5) is 18.5. The van der Waals surface area contributed by atoms with Crippen LogP contribution in [0.2, 0.25) is 5.02 Å². The normalized spacial score (nSPS) is 13.9. The Labute approximate surface area is 175 Å². The smallest absolute Gasteiger partial charge is 0.410 e. The molecule has 0 aliphatic carbocycles. The summed E-state index contributed by atoms with van der Waals surface area (Å²) in [5, 5.41) is 5.50. The highest BCUT2D eigenvalue weighted by Crippen LogP contribution is 2.39. The van der Waals surface area contributed by atoms with Gasteiger partial charge in [-0.05, 0) is 44.5 Å². The predicted octanol–water partition coefficient (Wildman–Crippen LogP) is 5.02. The highest BCUT2D eigenvalue weighted by molar-refractivity contribution is 6.33. The van der Waals surface area contributed by atoms with Crippen molar-refractivity contribution in [2.75, 3.05) is 6.54 Å². The molecule has 0 saturated carbocycles. The van der Waals surface area contributed by atoms with Crippen LogP contribution in [0.25, 0.3) is 22.4 Å². The molecule has 150 valence electrons. The molecule has 3 aromatic rings. The number of fused-ring (bicyclic) bond motifs is 1. The second kappa shape index (κ2) is 7.52. The first-order valence-electron chi connectivity index (χ1n) is 9.56. The Balaban J connectivity index is 1.80. The summed E-state index contributed by atoms with van der Waals surface area (Å²) in [5.74, 6) is 0. The molecule has 3 heterocycles. The molecule has 0 N–H and O–H groups in total. The summed E-state index contributed by atoms with van der Waals surface area (Å²) in [7, 11) is 0. The van der Waals surface area contributed by atoms with Gasteiger partial charge in [-0.25, -0.2) is 4.79 Å². The van der Waals surface area contributed by atoms with Crippen molar-refractivity contribution < 1.29 is 9.53 Å². The number of aromatic nitrogens is 3. The molecule has 7 heteroatoms. The summed E-state index contributed by atoms with van der Waals surface area (Å²) in [5.41, 5.74) is 4.06. The van der Waals surface area contributed by atoms with Gasteiger partial charge in [0, 0.05) is 30.1 Å². The molecular weight excluding hydrogens is 388 g/mol. The average Bonchev–Trinajstić information content (AvgIpc) is 3.06. The summed E-state index contributed by atoms with van der Waals surface area (Å²) in [6.07, 6.45) is 3.19. The molecule has 2 aromatic heterocycles. The van der Waals surface area contributed by atoms with Gasteiger partial charge in [-0.15, -0.1) is 0 Å². The topological polar surface area (TPSA) is 60.2 Å². The van der Waals surface area contributed by atoms with Crippen molar-refractivity contribution in [2.24, 2.45) is 0 Å². The third-order valence-corrected chi connectivity index (χ3v) is 5.06. The molecule has 0 spiro atoms. The summed E-state index contributed by atoms with van der Waals surface area (Å²) in [6, 6.07) is 11.6. The molecule has 1 aliphatic rings. The zero-order valence-corrected chi connectivity index (χ0v) is 17.5. The maximum Gasteiger partial charge on any atom is 0.410 e. The van der Waals surface area contributed by atoms with E-state index in [4.69, 9.17) is 21.4 Å². The lowest BCUT2D eigenvalue weighted by molar-refractivity contribution is 0.0195. The van der Waals surface area contributed by atoms with E-state index in [-0.39, 0.29) is 6.09 Å². The fraction of sp³-hybridized carbons (Fsp3) is 0.318. The molecule has 4 rings (SSSR count). The van der Waals surface area contributed by atoms with E-state index in [1.807, 2.05) is 61.9 Å². The number of halogens is 1. The van der Waals surface area contributed by atoms with Crippen molar-refractivity contribution >= 4 is 17.7 Å². The fourth-order valence-corrected chi connectivity index (χ4v) is 3.69. The summed E-state index contributed by atoms with van der Waals surface area (Å²) >= 11 is 6.49. The minimum atomic E-state index is -0.536. The first-order valence-corrected chi connectivity index (χ1v) is 9.94. The Morgan fingerprint density at radius 1 is 1.10 bits per heavy atom. The molecule has 0 saturated heterocycles. The van der Waals surface area contributed by atoms with E-state index in [2.05, 4.69) is 4.98 Å². The molecular formula is C22H23ClN4O2. The maximum absolute atomic E-state index is 12.6. The highest BCUT2D eigenvalue weighted by atomic mass is 35.5. The Morgan fingerprint density at radius 2 is 1.83 bits per heavy atom. The number of ether oxygens (including phenoxy) is 1. The number of amides is 1. The van der Waals surface area contributed by atoms with Crippen LogP contribution in [-0.4, -0.2) is 37.9 Å². The maximum atomic E-state index is 12.6. The highest BCUT2D eigenvalue weighted by Gasteiger charge is 2.30. The SMILES string of the molecule is CC(C)(C)OC(=O)N1CCn2nc(-c3ccccc3Cl)c(-c3ccncc3)c2C1. The van der Waals surface area contributed by atoms with Gasteiger partial charge in [0.15, 0.2) is 0 Å². The van der Waals surface area contributed by atoms with Gasteiger partial charge in [0.1, 0.15) is 11.3 Å². The molecule has 6 nitrogen and oxygen atoms in total. The lowest BCUT2D eigenvalue weighted by Crippen LogP contribution is -2.41. The number of nitrogens with zero attached hydrogens (tertiary/aromatic N) is 4. The van der Waals surface area contributed by atoms with Crippen LogP contribution in [0.15, 0.2) is 48.8 Å². The third kappa shape index (κ3) is 3.98. The number of hydrogen-bond donors (Lipinski definition) is 0. The van der Waals surface area contributed by atoms with Gasteiger partial charge >= 0.3 is 6.09 Å². The molecule has 1 aromatic carbocycles. The molecule has 1 amide bonds. The predicted molar refractivity (Wildman–Crippen MR) is 113 cm³/mol. The quantitative estimate of drug-likeness (QED) is 0.595. The summed E-state index contributed by atoms with van der Waals surface area (Å²) in [6.45, 7) is 7.17. The second-order valence-electron chi connectivity index (χ2n) is 8.01. The van der Waals surface area contributed by atoms with Gasteiger partial charge in [-0.2, -0.15) is 5.10 Å². The van der Waals surface area contributed by atoms with Gasteiger partial charge in [-0.3, -0.25) is 9.67 Å². The van der Waals surface area contributed by atoms with Crippen LogP contribution in [0.3, 0.4) is 0 Å².